The summed E-state index contributed by atoms with van der Waals surface area (Å²) in [6.07, 6.45) is 5.34. The lowest BCUT2D eigenvalue weighted by atomic mass is 10.1. The van der Waals surface area contributed by atoms with Gasteiger partial charge in [0.1, 0.15) is 5.82 Å². The summed E-state index contributed by atoms with van der Waals surface area (Å²) < 4.78 is 15.3. The minimum absolute atomic E-state index is 0.173. The van der Waals surface area contributed by atoms with Crippen molar-refractivity contribution in [2.75, 3.05) is 0 Å². The molecule has 1 N–H and O–H groups in total. The van der Waals surface area contributed by atoms with Gasteiger partial charge in [-0.3, -0.25) is 9.78 Å². The van der Waals surface area contributed by atoms with E-state index in [9.17, 15) is 9.18 Å². The van der Waals surface area contributed by atoms with E-state index >= 15 is 0 Å². The van der Waals surface area contributed by atoms with Crippen LogP contribution in [0.25, 0.3) is 16.6 Å². The Balaban J connectivity index is 1.53. The van der Waals surface area contributed by atoms with E-state index in [0.29, 0.717) is 16.8 Å². The molecule has 0 radical (unpaired) electrons. The average molecular weight is 374 g/mol. The van der Waals surface area contributed by atoms with E-state index in [1.807, 2.05) is 42.0 Å². The molecule has 0 aliphatic carbocycles. The van der Waals surface area contributed by atoms with Crippen LogP contribution in [-0.2, 0) is 0 Å². The molecule has 6 heteroatoms. The van der Waals surface area contributed by atoms with Crippen molar-refractivity contribution in [2.45, 2.75) is 19.9 Å². The molecule has 1 amide bonds. The first-order chi connectivity index (χ1) is 13.5. The van der Waals surface area contributed by atoms with Gasteiger partial charge in [-0.2, -0.15) is 0 Å². The van der Waals surface area contributed by atoms with Crippen molar-refractivity contribution >= 4 is 16.8 Å². The maximum absolute atomic E-state index is 13.4. The van der Waals surface area contributed by atoms with Crippen molar-refractivity contribution in [3.05, 3.63) is 89.9 Å². The molecule has 1 unspecified atom stereocenters. The van der Waals surface area contributed by atoms with Crippen LogP contribution in [0.3, 0.4) is 0 Å². The van der Waals surface area contributed by atoms with Crippen molar-refractivity contribution in [2.24, 2.45) is 0 Å². The molecule has 0 fully saturated rings. The normalized spacial score (nSPS) is 12.1. The number of nitrogens with one attached hydrogen (secondary N) is 1. The lowest BCUT2D eigenvalue weighted by Gasteiger charge is -2.16. The topological polar surface area (TPSA) is 59.8 Å². The predicted octanol–water partition coefficient (Wildman–Crippen LogP) is 4.36. The summed E-state index contributed by atoms with van der Waals surface area (Å²) >= 11 is 0. The van der Waals surface area contributed by atoms with E-state index in [2.05, 4.69) is 15.3 Å². The van der Waals surface area contributed by atoms with E-state index in [1.54, 1.807) is 31.6 Å². The third-order valence-corrected chi connectivity index (χ3v) is 4.76. The minimum Gasteiger partial charge on any atom is -0.345 e. The van der Waals surface area contributed by atoms with Crippen molar-refractivity contribution < 1.29 is 9.18 Å². The maximum Gasteiger partial charge on any atom is 0.253 e. The highest BCUT2D eigenvalue weighted by Gasteiger charge is 2.15. The molecule has 28 heavy (non-hydrogen) atoms. The fourth-order valence-electron chi connectivity index (χ4n) is 3.17. The number of aromatic nitrogens is 3. The monoisotopic (exact) mass is 374 g/mol. The molecule has 2 aromatic heterocycles. The highest BCUT2D eigenvalue weighted by Crippen LogP contribution is 2.20. The van der Waals surface area contributed by atoms with Gasteiger partial charge in [-0.25, -0.2) is 9.37 Å². The van der Waals surface area contributed by atoms with Gasteiger partial charge in [0.25, 0.3) is 5.91 Å². The van der Waals surface area contributed by atoms with E-state index < -0.39 is 0 Å². The highest BCUT2D eigenvalue weighted by molar-refractivity contribution is 5.98. The number of rotatable bonds is 4. The van der Waals surface area contributed by atoms with Crippen LogP contribution >= 0.6 is 0 Å². The molecule has 1 atom stereocenters. The fraction of sp³-hybridized carbons (Fsp3) is 0.136. The Morgan fingerprint density at radius 2 is 1.93 bits per heavy atom. The Bertz CT molecular complexity index is 1140. The first-order valence-electron chi connectivity index (χ1n) is 8.97. The molecule has 5 nitrogen and oxygen atoms in total. The van der Waals surface area contributed by atoms with Crippen LogP contribution in [0, 0.1) is 12.7 Å². The zero-order valence-corrected chi connectivity index (χ0v) is 15.6. The van der Waals surface area contributed by atoms with Gasteiger partial charge in [-0.15, -0.1) is 0 Å². The zero-order chi connectivity index (χ0) is 19.7. The third-order valence-electron chi connectivity index (χ3n) is 4.76. The summed E-state index contributed by atoms with van der Waals surface area (Å²) in [6, 6.07) is 13.9. The number of carbonyl (C=O) groups excluding carboxylic acids is 1. The number of pyridine rings is 1. The van der Waals surface area contributed by atoms with Gasteiger partial charge in [0.15, 0.2) is 0 Å². The third kappa shape index (κ3) is 3.49. The molecule has 2 heterocycles. The van der Waals surface area contributed by atoms with Crippen LogP contribution in [0.4, 0.5) is 4.39 Å². The molecule has 0 aliphatic heterocycles. The van der Waals surface area contributed by atoms with Crippen LogP contribution in [0.5, 0.6) is 0 Å². The number of benzene rings is 2. The molecule has 4 aromatic rings. The number of halogens is 1. The van der Waals surface area contributed by atoms with Crippen LogP contribution in [0.15, 0.2) is 67.3 Å². The van der Waals surface area contributed by atoms with Crippen molar-refractivity contribution in [1.82, 2.24) is 19.9 Å². The number of amides is 1. The van der Waals surface area contributed by atoms with Gasteiger partial charge in [0.05, 0.1) is 29.1 Å². The molecule has 2 aromatic carbocycles. The predicted molar refractivity (Wildman–Crippen MR) is 106 cm³/mol. The first kappa shape index (κ1) is 17.9. The number of hydrogen-bond acceptors (Lipinski definition) is 3. The maximum atomic E-state index is 13.4. The molecule has 0 saturated carbocycles. The van der Waals surface area contributed by atoms with Crippen molar-refractivity contribution in [3.8, 4) is 5.69 Å². The van der Waals surface area contributed by atoms with Gasteiger partial charge in [-0.05, 0) is 49.7 Å². The number of carbonyl (C=O) groups is 1. The molecule has 0 bridgehead atoms. The number of fused-ring (bicyclic) bond motifs is 1. The van der Waals surface area contributed by atoms with Crippen LogP contribution < -0.4 is 5.32 Å². The van der Waals surface area contributed by atoms with E-state index in [-0.39, 0.29) is 17.8 Å². The van der Waals surface area contributed by atoms with Gasteiger partial charge < -0.3 is 9.88 Å². The molecule has 140 valence electrons. The lowest BCUT2D eigenvalue weighted by Crippen LogP contribution is -2.27. The Hall–Kier alpha value is -3.54. The summed E-state index contributed by atoms with van der Waals surface area (Å²) in [5.74, 6) is -0.549. The Morgan fingerprint density at radius 1 is 1.14 bits per heavy atom. The van der Waals surface area contributed by atoms with E-state index in [1.165, 1.54) is 12.1 Å². The summed E-state index contributed by atoms with van der Waals surface area (Å²) in [5, 5.41) is 3.74. The van der Waals surface area contributed by atoms with Crippen LogP contribution in [-0.4, -0.2) is 20.4 Å². The van der Waals surface area contributed by atoms with Crippen molar-refractivity contribution in [3.63, 3.8) is 0 Å². The first-order valence-corrected chi connectivity index (χ1v) is 8.97. The number of nitrogens with zero attached hydrogens (tertiary/aromatic N) is 3. The van der Waals surface area contributed by atoms with Crippen LogP contribution in [0.2, 0.25) is 0 Å². The van der Waals surface area contributed by atoms with Gasteiger partial charge >= 0.3 is 0 Å². The molecule has 0 aliphatic rings. The SMILES string of the molecule is Cc1nc2cc(F)ccc2cc1C(=O)NC(C)c1ccc(-n2ccnc2)cc1. The Labute approximate surface area is 161 Å². The van der Waals surface area contributed by atoms with Crippen LogP contribution in [0.1, 0.15) is 34.6 Å². The smallest absolute Gasteiger partial charge is 0.253 e. The quantitative estimate of drug-likeness (QED) is 0.577. The standard InChI is InChI=1S/C22H19FN4O/c1-14(16-4-7-19(8-5-16)27-10-9-24-13-27)26-22(28)20-11-17-3-6-18(23)12-21(17)25-15(20)2/h3-14H,1-2H3,(H,26,28). The second-order valence-electron chi connectivity index (χ2n) is 6.71. The molecular formula is C22H19FN4O. The summed E-state index contributed by atoms with van der Waals surface area (Å²) in [5.41, 5.74) is 3.59. The second kappa shape index (κ2) is 7.23. The van der Waals surface area contributed by atoms with Gasteiger partial charge in [0.2, 0.25) is 0 Å². The number of imidazole rings is 1. The molecule has 4 rings (SSSR count). The van der Waals surface area contributed by atoms with E-state index in [0.717, 1.165) is 16.6 Å². The van der Waals surface area contributed by atoms with Gasteiger partial charge in [-0.1, -0.05) is 12.1 Å². The summed E-state index contributed by atoms with van der Waals surface area (Å²) in [6.45, 7) is 3.69. The molecular weight excluding hydrogens is 355 g/mol. The highest BCUT2D eigenvalue weighted by atomic mass is 19.1. The summed E-state index contributed by atoms with van der Waals surface area (Å²) in [7, 11) is 0. The van der Waals surface area contributed by atoms with Crippen molar-refractivity contribution in [1.29, 1.82) is 0 Å². The number of aryl methyl sites for hydroxylation is 1. The average Bonchev–Trinajstić information content (AvgIpc) is 3.22. The minimum atomic E-state index is -0.343. The van der Waals surface area contributed by atoms with Gasteiger partial charge in [0, 0.05) is 29.5 Å². The fourth-order valence-corrected chi connectivity index (χ4v) is 3.17. The lowest BCUT2D eigenvalue weighted by molar-refractivity contribution is 0.0939. The summed E-state index contributed by atoms with van der Waals surface area (Å²) in [4.78, 5) is 21.2. The molecule has 0 spiro atoms. The number of hydrogen-bond donors (Lipinski definition) is 1. The molecule has 0 saturated heterocycles. The van der Waals surface area contributed by atoms with E-state index in [4.69, 9.17) is 0 Å². The second-order valence-corrected chi connectivity index (χ2v) is 6.71. The zero-order valence-electron chi connectivity index (χ0n) is 15.6. The Kier molecular flexibility index (Phi) is 4.61. The Morgan fingerprint density at radius 3 is 2.64 bits per heavy atom. The largest absolute Gasteiger partial charge is 0.345 e.